The van der Waals surface area contributed by atoms with Crippen LogP contribution in [0.3, 0.4) is 0 Å². The van der Waals surface area contributed by atoms with Gasteiger partial charge in [0.2, 0.25) is 5.91 Å². The normalized spacial score (nSPS) is 27.4. The van der Waals surface area contributed by atoms with Crippen molar-refractivity contribution in [2.45, 2.75) is 70.1 Å². The molecule has 0 radical (unpaired) electrons. The van der Waals surface area contributed by atoms with Gasteiger partial charge >= 0.3 is 0 Å². The maximum absolute atomic E-state index is 14.5. The Labute approximate surface area is 274 Å². The molecule has 44 heavy (non-hydrogen) atoms. The van der Waals surface area contributed by atoms with Gasteiger partial charge in [-0.25, -0.2) is 4.99 Å². The van der Waals surface area contributed by atoms with E-state index in [4.69, 9.17) is 28.2 Å². The molecule has 0 unspecified atom stereocenters. The first-order chi connectivity index (χ1) is 21.2. The lowest BCUT2D eigenvalue weighted by molar-refractivity contribution is -0.143. The molecule has 3 fully saturated rings. The molecule has 232 valence electrons. The van der Waals surface area contributed by atoms with Crippen molar-refractivity contribution in [1.82, 2.24) is 19.6 Å². The standard InChI is InChI=1S/C34H39Cl2N5O2S/c1-21(2)28-29(32(43)40-16-4-5-27(40)31(42)39-19-17-38(18-20-39)26-14-15-26)44-33-37-34(3,23-8-12-25(36)13-9-23)30(41(28)33)22-6-10-24(35)11-7-22/h6-13,21,26-27,30H,4-5,14-20H2,1-3H3/t27-,30+,34-/m0/s1. The molecular weight excluding hydrogens is 613 g/mol. The number of hydrogen-bond acceptors (Lipinski definition) is 6. The lowest BCUT2D eigenvalue weighted by Gasteiger charge is -2.38. The highest BCUT2D eigenvalue weighted by Crippen LogP contribution is 2.56. The van der Waals surface area contributed by atoms with Crippen molar-refractivity contribution >= 4 is 51.9 Å². The number of benzene rings is 2. The van der Waals surface area contributed by atoms with Crippen molar-refractivity contribution in [2.75, 3.05) is 32.7 Å². The van der Waals surface area contributed by atoms with Gasteiger partial charge in [-0.05, 0) is 85.7 Å². The molecule has 0 spiro atoms. The fourth-order valence-corrected chi connectivity index (χ4v) is 9.03. The number of aliphatic imine (C=N–C) groups is 1. The Morgan fingerprint density at radius 1 is 0.909 bits per heavy atom. The highest BCUT2D eigenvalue weighted by atomic mass is 35.5. The van der Waals surface area contributed by atoms with Gasteiger partial charge in [-0.1, -0.05) is 61.3 Å². The molecule has 1 aliphatic carbocycles. The summed E-state index contributed by atoms with van der Waals surface area (Å²) in [7, 11) is 0. The zero-order valence-electron chi connectivity index (χ0n) is 25.5. The Morgan fingerprint density at radius 3 is 2.16 bits per heavy atom. The van der Waals surface area contributed by atoms with E-state index < -0.39 is 11.6 Å². The number of piperazine rings is 1. The van der Waals surface area contributed by atoms with Crippen LogP contribution in [-0.2, 0) is 15.1 Å². The zero-order chi connectivity index (χ0) is 30.7. The number of halogens is 2. The van der Waals surface area contributed by atoms with Gasteiger partial charge < -0.3 is 14.7 Å². The van der Waals surface area contributed by atoms with Gasteiger partial charge in [0.25, 0.3) is 5.91 Å². The molecule has 7 nitrogen and oxygen atoms in total. The summed E-state index contributed by atoms with van der Waals surface area (Å²) in [5.41, 5.74) is 2.46. The first kappa shape index (κ1) is 30.2. The van der Waals surface area contributed by atoms with Crippen LogP contribution in [-0.4, -0.2) is 81.4 Å². The molecule has 0 N–H and O–H groups in total. The third-order valence-electron chi connectivity index (χ3n) is 9.85. The lowest BCUT2D eigenvalue weighted by atomic mass is 9.81. The molecular formula is C34H39Cl2N5O2S. The van der Waals surface area contributed by atoms with E-state index in [0.717, 1.165) is 61.0 Å². The Hall–Kier alpha value is -2.52. The van der Waals surface area contributed by atoms with E-state index in [1.165, 1.54) is 24.6 Å². The molecule has 2 aromatic rings. The summed E-state index contributed by atoms with van der Waals surface area (Å²) >= 11 is 14.0. The number of allylic oxidation sites excluding steroid dienone is 1. The van der Waals surface area contributed by atoms with E-state index in [0.29, 0.717) is 27.5 Å². The predicted octanol–water partition coefficient (Wildman–Crippen LogP) is 6.53. The molecule has 2 aromatic carbocycles. The number of thioether (sulfide) groups is 1. The molecule has 0 aromatic heterocycles. The minimum atomic E-state index is -0.621. The van der Waals surface area contributed by atoms with Gasteiger partial charge in [-0.15, -0.1) is 0 Å². The molecule has 5 aliphatic rings. The Morgan fingerprint density at radius 2 is 1.55 bits per heavy atom. The van der Waals surface area contributed by atoms with Crippen molar-refractivity contribution in [1.29, 1.82) is 0 Å². The lowest BCUT2D eigenvalue weighted by Crippen LogP contribution is -2.54. The molecule has 1 saturated carbocycles. The number of amidine groups is 1. The van der Waals surface area contributed by atoms with Crippen LogP contribution in [0, 0.1) is 5.92 Å². The number of likely N-dealkylation sites (tertiary alicyclic amines) is 1. The minimum Gasteiger partial charge on any atom is -0.338 e. The van der Waals surface area contributed by atoms with E-state index in [2.05, 4.69) is 42.7 Å². The number of carbonyl (C=O) groups is 2. The second-order valence-electron chi connectivity index (χ2n) is 13.1. The number of rotatable bonds is 6. The van der Waals surface area contributed by atoms with Crippen molar-refractivity contribution < 1.29 is 9.59 Å². The largest absolute Gasteiger partial charge is 0.338 e. The van der Waals surface area contributed by atoms with Gasteiger partial charge in [0.05, 0.1) is 6.04 Å². The van der Waals surface area contributed by atoms with Crippen LogP contribution in [0.4, 0.5) is 0 Å². The van der Waals surface area contributed by atoms with E-state index in [1.54, 1.807) is 0 Å². The van der Waals surface area contributed by atoms with E-state index in [9.17, 15) is 9.59 Å². The predicted molar refractivity (Wildman–Crippen MR) is 178 cm³/mol. The summed E-state index contributed by atoms with van der Waals surface area (Å²) < 4.78 is 0. The highest BCUT2D eigenvalue weighted by molar-refractivity contribution is 8.18. The average Bonchev–Trinajstić information content (AvgIpc) is 3.52. The van der Waals surface area contributed by atoms with E-state index >= 15 is 0 Å². The van der Waals surface area contributed by atoms with Gasteiger partial charge in [-0.3, -0.25) is 14.5 Å². The quantitative estimate of drug-likeness (QED) is 0.355. The van der Waals surface area contributed by atoms with E-state index in [1.807, 2.05) is 46.2 Å². The smallest absolute Gasteiger partial charge is 0.263 e. The van der Waals surface area contributed by atoms with Crippen LogP contribution >= 0.6 is 35.0 Å². The summed E-state index contributed by atoms with van der Waals surface area (Å²) in [6.07, 6.45) is 4.12. The first-order valence-corrected chi connectivity index (χ1v) is 17.4. The van der Waals surface area contributed by atoms with Crippen molar-refractivity contribution in [3.8, 4) is 0 Å². The van der Waals surface area contributed by atoms with Crippen molar-refractivity contribution in [3.63, 3.8) is 0 Å². The minimum absolute atomic E-state index is 0.0497. The monoisotopic (exact) mass is 651 g/mol. The molecule has 4 aliphatic heterocycles. The summed E-state index contributed by atoms with van der Waals surface area (Å²) in [6.45, 7) is 10.4. The summed E-state index contributed by atoms with van der Waals surface area (Å²) in [6, 6.07) is 15.9. The van der Waals surface area contributed by atoms with Gasteiger partial charge in [0, 0.05) is 54.5 Å². The van der Waals surface area contributed by atoms with Gasteiger partial charge in [-0.2, -0.15) is 0 Å². The van der Waals surface area contributed by atoms with Crippen LogP contribution in [0.1, 0.15) is 63.6 Å². The fraction of sp³-hybridized carbons (Fsp3) is 0.500. The van der Waals surface area contributed by atoms with Crippen LogP contribution in [0.2, 0.25) is 10.0 Å². The molecule has 3 atom stereocenters. The average molecular weight is 653 g/mol. The number of fused-ring (bicyclic) bond motifs is 1. The van der Waals surface area contributed by atoms with Crippen molar-refractivity contribution in [3.05, 3.63) is 80.3 Å². The molecule has 7 rings (SSSR count). The SMILES string of the molecule is CC(C)C1=C(C(=O)N2CCC[C@H]2C(=O)N2CCN(C3CC3)CC2)SC2=N[C@@](C)(c3ccc(Cl)cc3)[C@@H](c3ccc(Cl)cc3)N21. The van der Waals surface area contributed by atoms with Crippen molar-refractivity contribution in [2.24, 2.45) is 10.9 Å². The summed E-state index contributed by atoms with van der Waals surface area (Å²) in [5, 5.41) is 2.16. The fourth-order valence-electron chi connectivity index (χ4n) is 7.42. The van der Waals surface area contributed by atoms with Crippen LogP contribution in [0.15, 0.2) is 64.1 Å². The Balaban J connectivity index is 1.20. The maximum atomic E-state index is 14.5. The van der Waals surface area contributed by atoms with Crippen LogP contribution in [0.5, 0.6) is 0 Å². The number of nitrogens with zero attached hydrogens (tertiary/aromatic N) is 5. The topological polar surface area (TPSA) is 59.5 Å². The van der Waals surface area contributed by atoms with Gasteiger partial charge in [0.15, 0.2) is 5.17 Å². The maximum Gasteiger partial charge on any atom is 0.263 e. The third kappa shape index (κ3) is 5.25. The van der Waals surface area contributed by atoms with Crippen LogP contribution < -0.4 is 0 Å². The van der Waals surface area contributed by atoms with Crippen LogP contribution in [0.25, 0.3) is 0 Å². The molecule has 10 heteroatoms. The van der Waals surface area contributed by atoms with Gasteiger partial charge in [0.1, 0.15) is 16.5 Å². The summed E-state index contributed by atoms with van der Waals surface area (Å²) in [5.74, 6) is 0.114. The molecule has 0 bridgehead atoms. The Bertz CT molecular complexity index is 1520. The third-order valence-corrected chi connectivity index (χ3v) is 11.4. The van der Waals surface area contributed by atoms with E-state index in [-0.39, 0.29) is 23.8 Å². The second kappa shape index (κ2) is 11.7. The number of hydrogen-bond donors (Lipinski definition) is 0. The molecule has 2 amide bonds. The first-order valence-electron chi connectivity index (χ1n) is 15.8. The Kier molecular flexibility index (Phi) is 8.01. The summed E-state index contributed by atoms with van der Waals surface area (Å²) in [4.78, 5) is 42.9. The number of carbonyl (C=O) groups excluding carboxylic acids is 2. The highest BCUT2D eigenvalue weighted by Gasteiger charge is 2.54. The molecule has 4 heterocycles. The second-order valence-corrected chi connectivity index (χ2v) is 14.9. The number of amides is 2. The zero-order valence-corrected chi connectivity index (χ0v) is 27.8. The molecule has 2 saturated heterocycles.